The molecule has 0 atom stereocenters. The number of nitrogens with zero attached hydrogens (tertiary/aromatic N) is 2. The molecule has 0 fully saturated rings. The van der Waals surface area contributed by atoms with Crippen LogP contribution in [0.2, 0.25) is 0 Å². The third kappa shape index (κ3) is 1.53. The van der Waals surface area contributed by atoms with Crippen LogP contribution in [0.4, 0.5) is 5.82 Å². The first-order valence-electron chi connectivity index (χ1n) is 3.20. The molecule has 12 heavy (non-hydrogen) atoms. The summed E-state index contributed by atoms with van der Waals surface area (Å²) in [5.74, 6) is 0.00463. The maximum absolute atomic E-state index is 11.1. The molecule has 0 aromatic carbocycles. The highest BCUT2D eigenvalue weighted by Crippen LogP contribution is 2.17. The number of hydrogen-bond acceptors (Lipinski definition) is 5. The second-order valence-corrected chi connectivity index (χ2v) is 4.40. The highest BCUT2D eigenvalue weighted by atomic mass is 32.2. The van der Waals surface area contributed by atoms with Crippen LogP contribution in [0.25, 0.3) is 0 Å². The minimum absolute atomic E-state index is 0.00463. The van der Waals surface area contributed by atoms with E-state index in [-0.39, 0.29) is 10.7 Å². The zero-order valence-corrected chi connectivity index (χ0v) is 7.59. The van der Waals surface area contributed by atoms with Crippen LogP contribution in [0.15, 0.2) is 11.2 Å². The number of nitrogens with two attached hydrogens (primary N) is 1. The Morgan fingerprint density at radius 3 is 2.33 bits per heavy atom. The molecule has 0 saturated heterocycles. The second kappa shape index (κ2) is 2.71. The lowest BCUT2D eigenvalue weighted by Gasteiger charge is -2.03. The summed E-state index contributed by atoms with van der Waals surface area (Å²) in [6.45, 7) is 1.58. The average Bonchev–Trinajstić information content (AvgIpc) is 1.82. The van der Waals surface area contributed by atoms with Gasteiger partial charge in [0.1, 0.15) is 17.0 Å². The summed E-state index contributed by atoms with van der Waals surface area (Å²) in [5.41, 5.74) is 5.76. The summed E-state index contributed by atoms with van der Waals surface area (Å²) in [6, 6.07) is 0. The quantitative estimate of drug-likeness (QED) is 0.656. The first kappa shape index (κ1) is 8.92. The second-order valence-electron chi connectivity index (χ2n) is 2.45. The topological polar surface area (TPSA) is 85.9 Å². The molecule has 0 saturated carbocycles. The van der Waals surface area contributed by atoms with Crippen LogP contribution < -0.4 is 5.73 Å². The molecule has 1 heterocycles. The van der Waals surface area contributed by atoms with Gasteiger partial charge in [0.05, 0.1) is 5.69 Å². The van der Waals surface area contributed by atoms with E-state index in [9.17, 15) is 8.42 Å². The Hall–Kier alpha value is -1.17. The van der Waals surface area contributed by atoms with Crippen molar-refractivity contribution in [2.75, 3.05) is 12.0 Å². The minimum Gasteiger partial charge on any atom is -0.383 e. The highest BCUT2D eigenvalue weighted by molar-refractivity contribution is 7.90. The number of rotatable bonds is 1. The van der Waals surface area contributed by atoms with Crippen LogP contribution in [-0.2, 0) is 9.84 Å². The normalized spacial score (nSPS) is 11.5. The van der Waals surface area contributed by atoms with Crippen molar-refractivity contribution in [1.82, 2.24) is 9.97 Å². The molecule has 0 radical (unpaired) electrons. The number of anilines is 1. The smallest absolute Gasteiger partial charge is 0.180 e. The molecule has 1 aromatic rings. The van der Waals surface area contributed by atoms with E-state index in [1.807, 2.05) is 0 Å². The fraction of sp³-hybridized carbons (Fsp3) is 0.333. The summed E-state index contributed by atoms with van der Waals surface area (Å²) in [7, 11) is -3.31. The summed E-state index contributed by atoms with van der Waals surface area (Å²) >= 11 is 0. The van der Waals surface area contributed by atoms with E-state index in [2.05, 4.69) is 9.97 Å². The van der Waals surface area contributed by atoms with Crippen molar-refractivity contribution in [3.05, 3.63) is 12.0 Å². The van der Waals surface area contributed by atoms with Gasteiger partial charge in [0.25, 0.3) is 0 Å². The van der Waals surface area contributed by atoms with Crippen LogP contribution in [0.1, 0.15) is 5.69 Å². The van der Waals surface area contributed by atoms with Gasteiger partial charge in [-0.15, -0.1) is 0 Å². The molecule has 66 valence electrons. The van der Waals surface area contributed by atoms with Gasteiger partial charge in [-0.25, -0.2) is 18.4 Å². The SMILES string of the molecule is Cc1ncnc(N)c1S(C)(=O)=O. The zero-order chi connectivity index (χ0) is 9.35. The molecular weight excluding hydrogens is 178 g/mol. The minimum atomic E-state index is -3.31. The number of sulfone groups is 1. The average molecular weight is 187 g/mol. The highest BCUT2D eigenvalue weighted by Gasteiger charge is 2.15. The van der Waals surface area contributed by atoms with Crippen molar-refractivity contribution in [1.29, 1.82) is 0 Å². The maximum atomic E-state index is 11.1. The van der Waals surface area contributed by atoms with E-state index in [0.717, 1.165) is 6.26 Å². The molecule has 1 rings (SSSR count). The van der Waals surface area contributed by atoms with Crippen LogP contribution in [0.3, 0.4) is 0 Å². The van der Waals surface area contributed by atoms with Crippen molar-refractivity contribution in [3.63, 3.8) is 0 Å². The standard InChI is InChI=1S/C6H9N3O2S/c1-4-5(12(2,10)11)6(7)9-3-8-4/h3H,1-2H3,(H2,7,8,9). The van der Waals surface area contributed by atoms with Gasteiger partial charge >= 0.3 is 0 Å². The molecule has 0 aliphatic carbocycles. The van der Waals surface area contributed by atoms with Crippen molar-refractivity contribution < 1.29 is 8.42 Å². The monoisotopic (exact) mass is 187 g/mol. The molecule has 0 amide bonds. The number of aromatic nitrogens is 2. The Balaban J connectivity index is 3.53. The Bertz CT molecular complexity index is 379. The predicted octanol–water partition coefficient (Wildman–Crippen LogP) is -0.229. The van der Waals surface area contributed by atoms with E-state index >= 15 is 0 Å². The van der Waals surface area contributed by atoms with Gasteiger partial charge in [0, 0.05) is 6.26 Å². The Kier molecular flexibility index (Phi) is 2.01. The maximum Gasteiger partial charge on any atom is 0.180 e. The van der Waals surface area contributed by atoms with Gasteiger partial charge in [-0.3, -0.25) is 0 Å². The fourth-order valence-corrected chi connectivity index (χ4v) is 1.96. The molecule has 0 spiro atoms. The van der Waals surface area contributed by atoms with Crippen molar-refractivity contribution in [2.45, 2.75) is 11.8 Å². The molecule has 5 nitrogen and oxygen atoms in total. The van der Waals surface area contributed by atoms with E-state index < -0.39 is 9.84 Å². The summed E-state index contributed by atoms with van der Waals surface area (Å²) in [6.07, 6.45) is 2.31. The van der Waals surface area contributed by atoms with E-state index in [4.69, 9.17) is 5.73 Å². The van der Waals surface area contributed by atoms with Crippen LogP contribution >= 0.6 is 0 Å². The molecule has 1 aromatic heterocycles. The third-order valence-corrected chi connectivity index (χ3v) is 2.63. The lowest BCUT2D eigenvalue weighted by atomic mass is 10.4. The first-order chi connectivity index (χ1) is 5.43. The van der Waals surface area contributed by atoms with Crippen molar-refractivity contribution in [3.8, 4) is 0 Å². The Labute approximate surface area is 70.6 Å². The first-order valence-corrected chi connectivity index (χ1v) is 5.09. The number of aryl methyl sites for hydroxylation is 1. The van der Waals surface area contributed by atoms with Crippen LogP contribution in [0, 0.1) is 6.92 Å². The Morgan fingerprint density at radius 2 is 2.00 bits per heavy atom. The van der Waals surface area contributed by atoms with Gasteiger partial charge in [-0.2, -0.15) is 0 Å². The molecule has 6 heteroatoms. The summed E-state index contributed by atoms with van der Waals surface area (Å²) in [4.78, 5) is 7.35. The summed E-state index contributed by atoms with van der Waals surface area (Å²) in [5, 5.41) is 0. The Morgan fingerprint density at radius 1 is 1.42 bits per heavy atom. The van der Waals surface area contributed by atoms with E-state index in [1.165, 1.54) is 6.33 Å². The lowest BCUT2D eigenvalue weighted by Crippen LogP contribution is -2.07. The van der Waals surface area contributed by atoms with E-state index in [1.54, 1.807) is 6.92 Å². The molecule has 0 aliphatic rings. The van der Waals surface area contributed by atoms with E-state index in [0.29, 0.717) is 5.69 Å². The number of nitrogen functional groups attached to an aromatic ring is 1. The van der Waals surface area contributed by atoms with Gasteiger partial charge in [0.2, 0.25) is 0 Å². The molecule has 0 aliphatic heterocycles. The lowest BCUT2D eigenvalue weighted by molar-refractivity contribution is 0.600. The van der Waals surface area contributed by atoms with Gasteiger partial charge in [0.15, 0.2) is 9.84 Å². The van der Waals surface area contributed by atoms with Gasteiger partial charge in [-0.05, 0) is 6.92 Å². The molecule has 0 unspecified atom stereocenters. The zero-order valence-electron chi connectivity index (χ0n) is 6.77. The van der Waals surface area contributed by atoms with Crippen LogP contribution in [-0.4, -0.2) is 24.6 Å². The fourth-order valence-electron chi connectivity index (χ4n) is 0.939. The van der Waals surface area contributed by atoms with Gasteiger partial charge < -0.3 is 5.73 Å². The number of hydrogen-bond donors (Lipinski definition) is 1. The van der Waals surface area contributed by atoms with Crippen molar-refractivity contribution in [2.24, 2.45) is 0 Å². The third-order valence-electron chi connectivity index (χ3n) is 1.38. The van der Waals surface area contributed by atoms with Gasteiger partial charge in [-0.1, -0.05) is 0 Å². The molecule has 2 N–H and O–H groups in total. The predicted molar refractivity (Wildman–Crippen MR) is 44.3 cm³/mol. The van der Waals surface area contributed by atoms with Crippen molar-refractivity contribution >= 4 is 15.7 Å². The van der Waals surface area contributed by atoms with Crippen LogP contribution in [0.5, 0.6) is 0 Å². The molecular formula is C6H9N3O2S. The summed E-state index contributed by atoms with van der Waals surface area (Å²) < 4.78 is 22.2. The molecule has 0 bridgehead atoms. The largest absolute Gasteiger partial charge is 0.383 e.